The molecular weight excluding hydrogens is 821 g/mol. The highest BCUT2D eigenvalue weighted by molar-refractivity contribution is 6.20. The van der Waals surface area contributed by atoms with Crippen LogP contribution in [0.4, 0.5) is 17.1 Å². The lowest BCUT2D eigenvalue weighted by Crippen LogP contribution is -2.10. The van der Waals surface area contributed by atoms with Gasteiger partial charge in [-0.25, -0.2) is 0 Å². The number of rotatable bonds is 10. The van der Waals surface area contributed by atoms with Gasteiger partial charge >= 0.3 is 0 Å². The molecular formula is C66H46N2. The van der Waals surface area contributed by atoms with Crippen molar-refractivity contribution >= 4 is 38.9 Å². The van der Waals surface area contributed by atoms with E-state index < -0.39 is 0 Å². The number of anilines is 3. The fourth-order valence-corrected chi connectivity index (χ4v) is 9.90. The zero-order valence-electron chi connectivity index (χ0n) is 37.5. The molecule has 0 saturated heterocycles. The Balaban J connectivity index is 0.976. The van der Waals surface area contributed by atoms with Gasteiger partial charge in [0, 0.05) is 33.5 Å². The van der Waals surface area contributed by atoms with Crippen LogP contribution in [0, 0.1) is 0 Å². The minimum atomic E-state index is 1.08. The molecule has 68 heavy (non-hydrogen) atoms. The zero-order valence-corrected chi connectivity index (χ0v) is 37.5. The number of nitrogens with zero attached hydrogens (tertiary/aromatic N) is 2. The Kier molecular flexibility index (Phi) is 10.6. The predicted octanol–water partition coefficient (Wildman–Crippen LogP) is 18.3. The molecule has 2 heteroatoms. The molecule has 0 aliphatic carbocycles. The molecule has 0 N–H and O–H groups in total. The second-order valence-electron chi connectivity index (χ2n) is 17.3. The molecule has 12 rings (SSSR count). The van der Waals surface area contributed by atoms with Gasteiger partial charge in [-0.15, -0.1) is 0 Å². The van der Waals surface area contributed by atoms with E-state index in [0.29, 0.717) is 0 Å². The molecule has 2 nitrogen and oxygen atoms in total. The number of hydrogen-bond acceptors (Lipinski definition) is 1. The van der Waals surface area contributed by atoms with Gasteiger partial charge in [0.1, 0.15) is 0 Å². The summed E-state index contributed by atoms with van der Waals surface area (Å²) in [5.41, 5.74) is 21.1. The summed E-state index contributed by atoms with van der Waals surface area (Å²) in [5.74, 6) is 0. The molecule has 320 valence electrons. The second-order valence-corrected chi connectivity index (χ2v) is 17.3. The Morgan fingerprint density at radius 3 is 0.971 bits per heavy atom. The van der Waals surface area contributed by atoms with Crippen LogP contribution in [0.15, 0.2) is 279 Å². The number of aromatic nitrogens is 1. The third-order valence-electron chi connectivity index (χ3n) is 13.2. The van der Waals surface area contributed by atoms with E-state index in [0.717, 1.165) is 28.3 Å². The first-order chi connectivity index (χ1) is 33.7. The summed E-state index contributed by atoms with van der Waals surface area (Å²) in [5, 5.41) is 2.48. The topological polar surface area (TPSA) is 8.17 Å². The SMILES string of the molecule is c1ccc(-c2ccc(-c3ccc(N(c4ccc(-c5ccc(-c6ccccc6)cc5)cc4)c4cccc(-c5cccc6c5c5c(-c7ccccc7)cccc5n6-c5ccccc5)c4)cc3)cc2)cc1. The van der Waals surface area contributed by atoms with E-state index in [1.165, 1.54) is 83.0 Å². The lowest BCUT2D eigenvalue weighted by Gasteiger charge is -2.26. The highest BCUT2D eigenvalue weighted by Gasteiger charge is 2.21. The fraction of sp³-hybridized carbons (Fsp3) is 0. The van der Waals surface area contributed by atoms with E-state index in [9.17, 15) is 0 Å². The van der Waals surface area contributed by atoms with Gasteiger partial charge < -0.3 is 9.47 Å². The minimum Gasteiger partial charge on any atom is -0.310 e. The van der Waals surface area contributed by atoms with Crippen molar-refractivity contribution in [3.63, 3.8) is 0 Å². The molecule has 1 aromatic heterocycles. The average molecular weight is 867 g/mol. The summed E-state index contributed by atoms with van der Waals surface area (Å²) < 4.78 is 2.42. The monoisotopic (exact) mass is 866 g/mol. The van der Waals surface area contributed by atoms with Crippen molar-refractivity contribution in [1.29, 1.82) is 0 Å². The zero-order chi connectivity index (χ0) is 45.2. The Hall–Kier alpha value is -8.98. The van der Waals surface area contributed by atoms with E-state index in [1.807, 2.05) is 0 Å². The van der Waals surface area contributed by atoms with Crippen LogP contribution in [0.5, 0.6) is 0 Å². The highest BCUT2D eigenvalue weighted by atomic mass is 15.1. The van der Waals surface area contributed by atoms with Gasteiger partial charge in [-0.1, -0.05) is 218 Å². The van der Waals surface area contributed by atoms with E-state index in [4.69, 9.17) is 0 Å². The predicted molar refractivity (Wildman–Crippen MR) is 288 cm³/mol. The number of fused-ring (bicyclic) bond motifs is 3. The van der Waals surface area contributed by atoms with Gasteiger partial charge in [-0.3, -0.25) is 0 Å². The summed E-state index contributed by atoms with van der Waals surface area (Å²) in [6.07, 6.45) is 0. The van der Waals surface area contributed by atoms with Crippen LogP contribution in [0.1, 0.15) is 0 Å². The maximum atomic E-state index is 2.42. The number of para-hydroxylation sites is 1. The molecule has 11 aromatic carbocycles. The van der Waals surface area contributed by atoms with Crippen LogP contribution in [-0.4, -0.2) is 4.57 Å². The molecule has 0 spiro atoms. The molecule has 0 aliphatic rings. The molecule has 0 unspecified atom stereocenters. The van der Waals surface area contributed by atoms with Crippen LogP contribution in [0.2, 0.25) is 0 Å². The van der Waals surface area contributed by atoms with Crippen LogP contribution in [0.3, 0.4) is 0 Å². The lowest BCUT2D eigenvalue weighted by molar-refractivity contribution is 1.18. The Labute approximate surface area is 397 Å². The summed E-state index contributed by atoms with van der Waals surface area (Å²) in [7, 11) is 0. The van der Waals surface area contributed by atoms with Crippen molar-refractivity contribution in [3.8, 4) is 72.4 Å². The molecule has 0 atom stereocenters. The maximum absolute atomic E-state index is 2.42. The van der Waals surface area contributed by atoms with Gasteiger partial charge in [0.25, 0.3) is 0 Å². The summed E-state index contributed by atoms with van der Waals surface area (Å²) >= 11 is 0. The lowest BCUT2D eigenvalue weighted by atomic mass is 9.94. The van der Waals surface area contributed by atoms with Crippen LogP contribution < -0.4 is 4.90 Å². The number of benzene rings is 11. The van der Waals surface area contributed by atoms with Gasteiger partial charge in [0.2, 0.25) is 0 Å². The first-order valence-electron chi connectivity index (χ1n) is 23.3. The molecule has 0 radical (unpaired) electrons. The quantitative estimate of drug-likeness (QED) is 0.133. The second kappa shape index (κ2) is 17.8. The summed E-state index contributed by atoms with van der Waals surface area (Å²) in [6, 6.07) is 101. The van der Waals surface area contributed by atoms with Crippen LogP contribution >= 0.6 is 0 Å². The van der Waals surface area contributed by atoms with E-state index in [1.54, 1.807) is 0 Å². The van der Waals surface area contributed by atoms with E-state index >= 15 is 0 Å². The van der Waals surface area contributed by atoms with Gasteiger partial charge in [0.05, 0.1) is 11.0 Å². The Morgan fingerprint density at radius 2 is 0.544 bits per heavy atom. The van der Waals surface area contributed by atoms with E-state index in [2.05, 4.69) is 289 Å². The van der Waals surface area contributed by atoms with Gasteiger partial charge in [-0.05, 0) is 127 Å². The molecule has 0 saturated carbocycles. The third kappa shape index (κ3) is 7.64. The largest absolute Gasteiger partial charge is 0.310 e. The molecule has 0 bridgehead atoms. The molecule has 0 amide bonds. The van der Waals surface area contributed by atoms with Crippen molar-refractivity contribution in [1.82, 2.24) is 4.57 Å². The normalized spacial score (nSPS) is 11.2. The van der Waals surface area contributed by atoms with Gasteiger partial charge in [-0.2, -0.15) is 0 Å². The van der Waals surface area contributed by atoms with E-state index in [-0.39, 0.29) is 0 Å². The molecule has 0 fully saturated rings. The fourth-order valence-electron chi connectivity index (χ4n) is 9.90. The molecule has 12 aromatic rings. The molecule has 1 heterocycles. The highest BCUT2D eigenvalue weighted by Crippen LogP contribution is 2.45. The van der Waals surface area contributed by atoms with Crippen molar-refractivity contribution in [3.05, 3.63) is 279 Å². The Bertz CT molecular complexity index is 3530. The first kappa shape index (κ1) is 40.5. The van der Waals surface area contributed by atoms with Crippen molar-refractivity contribution in [2.75, 3.05) is 4.90 Å². The summed E-state index contributed by atoms with van der Waals surface area (Å²) in [6.45, 7) is 0. The number of hydrogen-bond donors (Lipinski definition) is 0. The smallest absolute Gasteiger partial charge is 0.0547 e. The maximum Gasteiger partial charge on any atom is 0.0547 e. The molecule has 0 aliphatic heterocycles. The van der Waals surface area contributed by atoms with Crippen LogP contribution in [0.25, 0.3) is 94.3 Å². The summed E-state index contributed by atoms with van der Waals surface area (Å²) in [4.78, 5) is 2.39. The van der Waals surface area contributed by atoms with Gasteiger partial charge in [0.15, 0.2) is 0 Å². The van der Waals surface area contributed by atoms with Crippen molar-refractivity contribution < 1.29 is 0 Å². The van der Waals surface area contributed by atoms with Crippen LogP contribution in [-0.2, 0) is 0 Å². The standard InChI is InChI=1S/C66H46N2/c1-5-16-47(17-6-1)49-30-34-51(35-31-49)53-38-42-58(43-39-53)67(59-44-40-54(41-45-59)52-36-32-50(33-37-52)48-18-7-2-8-19-48)60-25-13-22-56(46-60)62-27-15-29-64-66(62)65-61(55-20-9-3-10-21-55)26-14-28-63(65)68(64)57-23-11-4-12-24-57/h1-46H. The average Bonchev–Trinajstić information content (AvgIpc) is 3.78. The first-order valence-corrected chi connectivity index (χ1v) is 23.3. The third-order valence-corrected chi connectivity index (χ3v) is 13.2. The van der Waals surface area contributed by atoms with Crippen molar-refractivity contribution in [2.45, 2.75) is 0 Å². The minimum absolute atomic E-state index is 1.08. The van der Waals surface area contributed by atoms with Crippen molar-refractivity contribution in [2.24, 2.45) is 0 Å². The Morgan fingerprint density at radius 1 is 0.221 bits per heavy atom.